The van der Waals surface area contributed by atoms with Gasteiger partial charge in [-0.25, -0.2) is 4.98 Å². The Bertz CT molecular complexity index is 1150. The number of imide groups is 1. The minimum atomic E-state index is -0.275. The maximum Gasteiger partial charge on any atom is 0.261 e. The van der Waals surface area contributed by atoms with E-state index in [0.29, 0.717) is 29.9 Å². The van der Waals surface area contributed by atoms with E-state index in [9.17, 15) is 9.59 Å². The molecular weight excluding hydrogens is 376 g/mol. The molecule has 5 rings (SSSR count). The van der Waals surface area contributed by atoms with Gasteiger partial charge in [-0.05, 0) is 29.5 Å². The molecule has 4 aromatic rings. The third kappa shape index (κ3) is 2.85. The summed E-state index contributed by atoms with van der Waals surface area (Å²) < 4.78 is 1.11. The van der Waals surface area contributed by atoms with Gasteiger partial charge < -0.3 is 0 Å². The number of thiazole rings is 1. The van der Waals surface area contributed by atoms with Gasteiger partial charge >= 0.3 is 0 Å². The number of hydrogen-bond donors (Lipinski definition) is 0. The number of carbonyl (C=O) groups excluding carboxylic acids is 2. The van der Waals surface area contributed by atoms with E-state index < -0.39 is 0 Å². The maximum atomic E-state index is 12.4. The fourth-order valence-corrected chi connectivity index (χ4v) is 4.15. The lowest BCUT2D eigenvalue weighted by atomic mass is 10.1. The molecule has 28 heavy (non-hydrogen) atoms. The van der Waals surface area contributed by atoms with E-state index in [1.165, 1.54) is 9.70 Å². The number of aromatic nitrogens is 5. The molecule has 0 unspecified atom stereocenters. The molecule has 8 nitrogen and oxygen atoms in total. The largest absolute Gasteiger partial charge is 0.274 e. The topological polar surface area (TPSA) is 93.9 Å². The lowest BCUT2D eigenvalue weighted by Crippen LogP contribution is -2.32. The maximum absolute atomic E-state index is 12.4. The number of hydrogen-bond acceptors (Lipinski definition) is 7. The summed E-state index contributed by atoms with van der Waals surface area (Å²) in [6.07, 6.45) is 0.352. The highest BCUT2D eigenvalue weighted by atomic mass is 32.1. The molecule has 1 aliphatic heterocycles. The first-order valence-electron chi connectivity index (χ1n) is 8.75. The highest BCUT2D eigenvalue weighted by molar-refractivity contribution is 7.18. The van der Waals surface area contributed by atoms with Gasteiger partial charge in [0.25, 0.3) is 11.8 Å². The molecule has 0 aliphatic carbocycles. The lowest BCUT2D eigenvalue weighted by molar-refractivity contribution is 0.0655. The Morgan fingerprint density at radius 2 is 1.64 bits per heavy atom. The van der Waals surface area contributed by atoms with Gasteiger partial charge in [0.1, 0.15) is 11.6 Å². The van der Waals surface area contributed by atoms with Crippen LogP contribution in [0.25, 0.3) is 10.2 Å². The van der Waals surface area contributed by atoms with Gasteiger partial charge in [-0.2, -0.15) is 4.80 Å². The van der Waals surface area contributed by atoms with Gasteiger partial charge in [0, 0.05) is 13.0 Å². The summed E-state index contributed by atoms with van der Waals surface area (Å²) in [6, 6.07) is 14.8. The molecule has 0 bridgehead atoms. The molecule has 0 radical (unpaired) electrons. The van der Waals surface area contributed by atoms with E-state index in [0.717, 1.165) is 15.2 Å². The third-order valence-electron chi connectivity index (χ3n) is 4.55. The van der Waals surface area contributed by atoms with Crippen LogP contribution in [0, 0.1) is 0 Å². The van der Waals surface area contributed by atoms with Crippen LogP contribution in [0.2, 0.25) is 0 Å². The average molecular weight is 390 g/mol. The Kier molecular flexibility index (Phi) is 3.94. The normalized spacial score (nSPS) is 13.5. The molecule has 0 saturated heterocycles. The second-order valence-electron chi connectivity index (χ2n) is 6.37. The molecular formula is C19H14N6O2S. The van der Waals surface area contributed by atoms with Crippen LogP contribution in [-0.4, -0.2) is 48.5 Å². The quantitative estimate of drug-likeness (QED) is 0.485. The van der Waals surface area contributed by atoms with E-state index in [1.54, 1.807) is 35.6 Å². The summed E-state index contributed by atoms with van der Waals surface area (Å²) in [4.78, 5) is 32.1. The standard InChI is InChI=1S/C19H14N6O2S/c26-18-12-5-1-2-6-13(12)19(27)24(18)10-9-16-21-23-25(22-16)11-17-20-14-7-3-4-8-15(14)28-17/h1-8H,9-11H2. The van der Waals surface area contributed by atoms with Gasteiger partial charge in [-0.1, -0.05) is 24.3 Å². The minimum absolute atomic E-state index is 0.221. The van der Waals surface area contributed by atoms with Crippen LogP contribution in [-0.2, 0) is 13.0 Å². The molecule has 9 heteroatoms. The zero-order valence-corrected chi connectivity index (χ0v) is 15.5. The molecule has 0 spiro atoms. The van der Waals surface area contributed by atoms with Crippen LogP contribution in [0.4, 0.5) is 0 Å². The smallest absolute Gasteiger partial charge is 0.261 e. The first-order chi connectivity index (χ1) is 13.7. The molecule has 0 atom stereocenters. The molecule has 0 fully saturated rings. The second kappa shape index (κ2) is 6.61. The van der Waals surface area contributed by atoms with Crippen molar-refractivity contribution >= 4 is 33.4 Å². The number of nitrogens with zero attached hydrogens (tertiary/aromatic N) is 6. The Hall–Kier alpha value is -3.46. The Labute approximate surface area is 163 Å². The Balaban J connectivity index is 1.26. The average Bonchev–Trinajstić information content (AvgIpc) is 3.39. The lowest BCUT2D eigenvalue weighted by Gasteiger charge is -2.11. The van der Waals surface area contributed by atoms with Crippen LogP contribution in [0.3, 0.4) is 0 Å². The highest BCUT2D eigenvalue weighted by Crippen LogP contribution is 2.23. The zero-order valence-electron chi connectivity index (χ0n) is 14.6. The van der Waals surface area contributed by atoms with E-state index >= 15 is 0 Å². The van der Waals surface area contributed by atoms with Crippen LogP contribution >= 0.6 is 11.3 Å². The van der Waals surface area contributed by atoms with Crippen molar-refractivity contribution in [3.8, 4) is 0 Å². The molecule has 0 N–H and O–H groups in total. The van der Waals surface area contributed by atoms with E-state index in [1.807, 2.05) is 24.3 Å². The first kappa shape index (κ1) is 16.7. The summed E-state index contributed by atoms with van der Waals surface area (Å²) in [6.45, 7) is 0.651. The molecule has 3 heterocycles. The molecule has 2 aromatic carbocycles. The summed E-state index contributed by atoms with van der Waals surface area (Å²) >= 11 is 1.59. The van der Waals surface area contributed by atoms with Crippen molar-refractivity contribution in [1.82, 2.24) is 30.1 Å². The van der Waals surface area contributed by atoms with Crippen molar-refractivity contribution in [2.75, 3.05) is 6.54 Å². The molecule has 1 aliphatic rings. The second-order valence-corrected chi connectivity index (χ2v) is 7.48. The van der Waals surface area contributed by atoms with Crippen LogP contribution in [0.1, 0.15) is 31.5 Å². The van der Waals surface area contributed by atoms with Crippen LogP contribution < -0.4 is 0 Å². The predicted molar refractivity (Wildman–Crippen MR) is 102 cm³/mol. The van der Waals surface area contributed by atoms with Gasteiger partial charge in [0.05, 0.1) is 21.3 Å². The summed E-state index contributed by atoms with van der Waals surface area (Å²) in [7, 11) is 0. The van der Waals surface area contributed by atoms with Crippen molar-refractivity contribution in [2.24, 2.45) is 0 Å². The summed E-state index contributed by atoms with van der Waals surface area (Å²) in [5.74, 6) is -0.0670. The molecule has 138 valence electrons. The third-order valence-corrected chi connectivity index (χ3v) is 5.57. The minimum Gasteiger partial charge on any atom is -0.274 e. The number of carbonyl (C=O) groups is 2. The van der Waals surface area contributed by atoms with Gasteiger partial charge in [-0.15, -0.1) is 21.5 Å². The van der Waals surface area contributed by atoms with Crippen molar-refractivity contribution in [1.29, 1.82) is 0 Å². The van der Waals surface area contributed by atoms with Gasteiger partial charge in [-0.3, -0.25) is 14.5 Å². The number of para-hydroxylation sites is 1. The monoisotopic (exact) mass is 390 g/mol. The van der Waals surface area contributed by atoms with Crippen LogP contribution in [0.15, 0.2) is 48.5 Å². The van der Waals surface area contributed by atoms with Gasteiger partial charge in [0.15, 0.2) is 5.82 Å². The Morgan fingerprint density at radius 1 is 0.929 bits per heavy atom. The number of rotatable bonds is 5. The van der Waals surface area contributed by atoms with E-state index in [-0.39, 0.29) is 18.4 Å². The summed E-state index contributed by atoms with van der Waals surface area (Å²) in [5, 5.41) is 13.3. The van der Waals surface area contributed by atoms with E-state index in [2.05, 4.69) is 20.4 Å². The van der Waals surface area contributed by atoms with Gasteiger partial charge in [0.2, 0.25) is 0 Å². The first-order valence-corrected chi connectivity index (χ1v) is 9.57. The number of tetrazole rings is 1. The zero-order chi connectivity index (χ0) is 19.1. The molecule has 2 aromatic heterocycles. The fourth-order valence-electron chi connectivity index (χ4n) is 3.21. The van der Waals surface area contributed by atoms with Crippen molar-refractivity contribution in [2.45, 2.75) is 13.0 Å². The highest BCUT2D eigenvalue weighted by Gasteiger charge is 2.34. The number of fused-ring (bicyclic) bond motifs is 2. The number of benzene rings is 2. The fraction of sp³-hybridized carbons (Fsp3) is 0.158. The van der Waals surface area contributed by atoms with Crippen LogP contribution in [0.5, 0.6) is 0 Å². The van der Waals surface area contributed by atoms with Crippen molar-refractivity contribution in [3.63, 3.8) is 0 Å². The predicted octanol–water partition coefficient (Wildman–Crippen LogP) is 2.17. The number of amides is 2. The van der Waals surface area contributed by atoms with Crippen molar-refractivity contribution < 1.29 is 9.59 Å². The SMILES string of the molecule is O=C1c2ccccc2C(=O)N1CCc1nnn(Cc2nc3ccccc3s2)n1. The van der Waals surface area contributed by atoms with Crippen molar-refractivity contribution in [3.05, 3.63) is 70.5 Å². The molecule has 0 saturated carbocycles. The summed E-state index contributed by atoms with van der Waals surface area (Å²) in [5.41, 5.74) is 1.84. The Morgan fingerprint density at radius 3 is 2.39 bits per heavy atom. The van der Waals surface area contributed by atoms with E-state index in [4.69, 9.17) is 0 Å². The molecule has 2 amide bonds.